The molecule has 2 saturated heterocycles. The minimum Gasteiger partial charge on any atom is -0.347 e. The molecule has 0 aliphatic carbocycles. The number of nitrogens with one attached hydrogen (secondary N) is 3. The van der Waals surface area contributed by atoms with Crippen molar-refractivity contribution in [3.05, 3.63) is 36.7 Å². The van der Waals surface area contributed by atoms with Crippen LogP contribution in [0.3, 0.4) is 0 Å². The molecule has 0 aromatic carbocycles. The first-order chi connectivity index (χ1) is 13.8. The van der Waals surface area contributed by atoms with Crippen molar-refractivity contribution in [2.45, 2.75) is 56.8 Å². The Labute approximate surface area is 161 Å². The van der Waals surface area contributed by atoms with E-state index in [4.69, 9.17) is 0 Å². The van der Waals surface area contributed by atoms with E-state index in [0.29, 0.717) is 18.0 Å². The Morgan fingerprint density at radius 1 is 1.21 bits per heavy atom. The molecular weight excluding hydrogens is 360 g/mol. The van der Waals surface area contributed by atoms with Crippen LogP contribution in [0.2, 0.25) is 0 Å². The summed E-state index contributed by atoms with van der Waals surface area (Å²) in [6, 6.07) is 1.09. The summed E-state index contributed by atoms with van der Waals surface area (Å²) in [4.78, 5) is 26.8. The summed E-state index contributed by atoms with van der Waals surface area (Å²) in [7, 11) is 0. The number of nitrogens with zero attached hydrogens (tertiary/aromatic N) is 7. The number of aromatic amines is 2. The highest BCUT2D eigenvalue weighted by atomic mass is 16.2. The van der Waals surface area contributed by atoms with Gasteiger partial charge in [-0.15, -0.1) is 15.3 Å². The number of fused-ring (bicyclic) bond motifs is 2. The predicted molar refractivity (Wildman–Crippen MR) is 97.3 cm³/mol. The van der Waals surface area contributed by atoms with Crippen molar-refractivity contribution < 1.29 is 4.79 Å². The van der Waals surface area contributed by atoms with E-state index in [1.54, 1.807) is 10.9 Å². The molecule has 0 saturated carbocycles. The number of carbonyl (C=O) groups is 1. The fourth-order valence-electron chi connectivity index (χ4n) is 4.45. The lowest BCUT2D eigenvalue weighted by molar-refractivity contribution is 0.0167. The number of aromatic nitrogens is 8. The average Bonchev–Trinajstić information content (AvgIpc) is 3.44. The van der Waals surface area contributed by atoms with Gasteiger partial charge < -0.3 is 10.3 Å². The molecular formula is C17H22N10O. The number of hydrogen-bond acceptors (Lipinski definition) is 7. The third kappa shape index (κ3) is 3.28. The van der Waals surface area contributed by atoms with E-state index in [9.17, 15) is 4.79 Å². The number of piperidine rings is 2. The van der Waals surface area contributed by atoms with E-state index in [2.05, 4.69) is 45.6 Å². The Morgan fingerprint density at radius 3 is 2.71 bits per heavy atom. The van der Waals surface area contributed by atoms with E-state index >= 15 is 0 Å². The van der Waals surface area contributed by atoms with Gasteiger partial charge in [0.25, 0.3) is 11.9 Å². The number of carbonyl (C=O) groups excluding carboxylic acids is 1. The number of H-pyrrole nitrogens is 2. The van der Waals surface area contributed by atoms with E-state index in [1.807, 2.05) is 6.20 Å². The number of imidazole rings is 1. The van der Waals surface area contributed by atoms with Gasteiger partial charge in [0, 0.05) is 36.6 Å². The van der Waals surface area contributed by atoms with Crippen LogP contribution >= 0.6 is 0 Å². The van der Waals surface area contributed by atoms with Gasteiger partial charge in [0.2, 0.25) is 5.82 Å². The van der Waals surface area contributed by atoms with Gasteiger partial charge in [-0.3, -0.25) is 19.4 Å². The van der Waals surface area contributed by atoms with Gasteiger partial charge in [0.05, 0.1) is 6.33 Å². The Balaban J connectivity index is 1.24. The lowest BCUT2D eigenvalue weighted by Crippen LogP contribution is -2.56. The molecule has 11 heteroatoms. The summed E-state index contributed by atoms with van der Waals surface area (Å²) in [6.07, 6.45) is 12.1. The van der Waals surface area contributed by atoms with Crippen LogP contribution in [0.1, 0.15) is 48.4 Å². The van der Waals surface area contributed by atoms with Crippen molar-refractivity contribution >= 4 is 5.91 Å². The lowest BCUT2D eigenvalue weighted by atomic mass is 9.81. The quantitative estimate of drug-likeness (QED) is 0.582. The molecule has 3 atom stereocenters. The van der Waals surface area contributed by atoms with Crippen LogP contribution in [-0.4, -0.2) is 68.8 Å². The first-order valence-corrected chi connectivity index (χ1v) is 9.57. The van der Waals surface area contributed by atoms with Crippen LogP contribution in [0.5, 0.6) is 0 Å². The standard InChI is InChI=1S/C17H22N10O/c28-16(15-23-17(25-24-15)26-9-20-21-10-26)22-11-4-13-2-1-3-14(5-11)27(13)7-12-6-18-8-19-12/h6,8-11,13-14H,1-5,7H2,(H,18,19)(H,22,28)(H,23,24,25)/t11?,13-,14+. The fourth-order valence-corrected chi connectivity index (χ4v) is 4.45. The van der Waals surface area contributed by atoms with Crippen molar-refractivity contribution in [2.24, 2.45) is 0 Å². The maximum atomic E-state index is 12.6. The Hall–Kier alpha value is -3.08. The van der Waals surface area contributed by atoms with Crippen molar-refractivity contribution in [3.63, 3.8) is 0 Å². The predicted octanol–water partition coefficient (Wildman–Crippen LogP) is 0.424. The topological polar surface area (TPSA) is 133 Å². The first kappa shape index (κ1) is 17.0. The molecule has 1 unspecified atom stereocenters. The highest BCUT2D eigenvalue weighted by Crippen LogP contribution is 2.35. The highest BCUT2D eigenvalue weighted by Gasteiger charge is 2.39. The normalized spacial score (nSPS) is 24.9. The van der Waals surface area contributed by atoms with Crippen LogP contribution in [0.4, 0.5) is 0 Å². The summed E-state index contributed by atoms with van der Waals surface area (Å²) in [5.41, 5.74) is 1.14. The molecule has 5 rings (SSSR count). The summed E-state index contributed by atoms with van der Waals surface area (Å²) >= 11 is 0. The Morgan fingerprint density at radius 2 is 2.00 bits per heavy atom. The van der Waals surface area contributed by atoms with E-state index in [-0.39, 0.29) is 17.8 Å². The van der Waals surface area contributed by atoms with E-state index < -0.39 is 0 Å². The van der Waals surface area contributed by atoms with Gasteiger partial charge in [0.1, 0.15) is 12.7 Å². The van der Waals surface area contributed by atoms with Gasteiger partial charge in [-0.05, 0) is 25.7 Å². The van der Waals surface area contributed by atoms with Crippen molar-refractivity contribution in [3.8, 4) is 5.95 Å². The molecule has 5 heterocycles. The average molecular weight is 382 g/mol. The second-order valence-electron chi connectivity index (χ2n) is 7.48. The van der Waals surface area contributed by atoms with Gasteiger partial charge in [-0.1, -0.05) is 6.42 Å². The second-order valence-corrected chi connectivity index (χ2v) is 7.48. The molecule has 0 spiro atoms. The largest absolute Gasteiger partial charge is 0.347 e. The lowest BCUT2D eigenvalue weighted by Gasteiger charge is -2.48. The zero-order valence-corrected chi connectivity index (χ0v) is 15.3. The highest BCUT2D eigenvalue weighted by molar-refractivity contribution is 5.90. The molecule has 2 aliphatic heterocycles. The van der Waals surface area contributed by atoms with Crippen LogP contribution in [0, 0.1) is 0 Å². The number of rotatable bonds is 5. The van der Waals surface area contributed by atoms with Crippen molar-refractivity contribution in [1.29, 1.82) is 0 Å². The summed E-state index contributed by atoms with van der Waals surface area (Å²) in [5, 5.41) is 17.3. The van der Waals surface area contributed by atoms with Gasteiger partial charge in [-0.25, -0.2) is 4.98 Å². The zero-order chi connectivity index (χ0) is 18.9. The van der Waals surface area contributed by atoms with Crippen LogP contribution < -0.4 is 5.32 Å². The van der Waals surface area contributed by atoms with Crippen LogP contribution in [0.25, 0.3) is 5.95 Å². The van der Waals surface area contributed by atoms with E-state index in [0.717, 1.165) is 37.9 Å². The molecule has 3 N–H and O–H groups in total. The van der Waals surface area contributed by atoms with Crippen molar-refractivity contribution in [2.75, 3.05) is 0 Å². The van der Waals surface area contributed by atoms with Gasteiger partial charge in [-0.2, -0.15) is 4.98 Å². The third-order valence-corrected chi connectivity index (χ3v) is 5.71. The summed E-state index contributed by atoms with van der Waals surface area (Å²) < 4.78 is 1.55. The number of hydrogen-bond donors (Lipinski definition) is 3. The molecule has 146 valence electrons. The molecule has 11 nitrogen and oxygen atoms in total. The minimum absolute atomic E-state index is 0.143. The van der Waals surface area contributed by atoms with Crippen LogP contribution in [-0.2, 0) is 6.54 Å². The maximum Gasteiger partial charge on any atom is 0.288 e. The molecule has 3 aromatic heterocycles. The van der Waals surface area contributed by atoms with Crippen LogP contribution in [0.15, 0.2) is 25.2 Å². The molecule has 2 fully saturated rings. The maximum absolute atomic E-state index is 12.6. The smallest absolute Gasteiger partial charge is 0.288 e. The Kier molecular flexibility index (Phi) is 4.35. The van der Waals surface area contributed by atoms with Crippen molar-refractivity contribution in [1.82, 2.24) is 50.1 Å². The number of amides is 1. The molecule has 0 radical (unpaired) electrons. The third-order valence-electron chi connectivity index (χ3n) is 5.71. The minimum atomic E-state index is -0.225. The SMILES string of the molecule is O=C(NC1C[C@H]2CCC[C@@H](C1)N2Cc1cnc[nH]1)c1nc(-n2cnnc2)n[nH]1. The second kappa shape index (κ2) is 7.15. The molecule has 2 aliphatic rings. The van der Waals surface area contributed by atoms with E-state index in [1.165, 1.54) is 19.1 Å². The molecule has 3 aromatic rings. The Bertz CT molecular complexity index is 904. The monoisotopic (exact) mass is 382 g/mol. The zero-order valence-electron chi connectivity index (χ0n) is 15.3. The fraction of sp³-hybridized carbons (Fsp3) is 0.529. The van der Waals surface area contributed by atoms with Gasteiger partial charge in [0.15, 0.2) is 0 Å². The summed E-state index contributed by atoms with van der Waals surface area (Å²) in [5.74, 6) is 0.326. The molecule has 1 amide bonds. The summed E-state index contributed by atoms with van der Waals surface area (Å²) in [6.45, 7) is 0.889. The molecule has 28 heavy (non-hydrogen) atoms. The van der Waals surface area contributed by atoms with Gasteiger partial charge >= 0.3 is 0 Å². The first-order valence-electron chi connectivity index (χ1n) is 9.57. The molecule has 2 bridgehead atoms.